The lowest BCUT2D eigenvalue weighted by atomic mass is 9.99. The van der Waals surface area contributed by atoms with Crippen LogP contribution < -0.4 is 4.74 Å². The van der Waals surface area contributed by atoms with Gasteiger partial charge in [0.25, 0.3) is 0 Å². The molecular formula is C12H17NO2. The minimum absolute atomic E-state index is 0.134. The number of rotatable bonds is 3. The molecule has 2 rings (SSSR count). The standard InChI is InChI=1S/C12H17NO2/c1-2-15-12-6-10(7-13-8-12)9-3-4-11(14)5-9/h6-9,11,14H,2-5H2,1H3. The van der Waals surface area contributed by atoms with E-state index in [9.17, 15) is 5.11 Å². The van der Waals surface area contributed by atoms with Crippen molar-refractivity contribution < 1.29 is 9.84 Å². The van der Waals surface area contributed by atoms with Gasteiger partial charge in [-0.25, -0.2) is 0 Å². The van der Waals surface area contributed by atoms with Crippen molar-refractivity contribution in [3.8, 4) is 5.75 Å². The minimum Gasteiger partial charge on any atom is -0.492 e. The topological polar surface area (TPSA) is 42.4 Å². The lowest BCUT2D eigenvalue weighted by molar-refractivity contribution is 0.181. The second kappa shape index (κ2) is 4.62. The van der Waals surface area contributed by atoms with Gasteiger partial charge in [-0.15, -0.1) is 0 Å². The van der Waals surface area contributed by atoms with Crippen molar-refractivity contribution in [1.82, 2.24) is 4.98 Å². The summed E-state index contributed by atoms with van der Waals surface area (Å²) in [6.07, 6.45) is 6.30. The SMILES string of the molecule is CCOc1cncc(C2CCC(O)C2)c1. The van der Waals surface area contributed by atoms with Crippen LogP contribution in [0.15, 0.2) is 18.5 Å². The third-order valence-corrected chi connectivity index (χ3v) is 2.92. The van der Waals surface area contributed by atoms with E-state index >= 15 is 0 Å². The molecule has 1 aromatic heterocycles. The Balaban J connectivity index is 2.10. The summed E-state index contributed by atoms with van der Waals surface area (Å²) in [5.74, 6) is 1.28. The van der Waals surface area contributed by atoms with Crippen LogP contribution in [-0.4, -0.2) is 22.8 Å². The number of hydrogen-bond donors (Lipinski definition) is 1. The van der Waals surface area contributed by atoms with Crippen LogP contribution >= 0.6 is 0 Å². The van der Waals surface area contributed by atoms with E-state index in [0.29, 0.717) is 12.5 Å². The molecule has 2 unspecified atom stereocenters. The van der Waals surface area contributed by atoms with Crippen LogP contribution in [0.4, 0.5) is 0 Å². The maximum atomic E-state index is 9.48. The Hall–Kier alpha value is -1.09. The predicted octanol–water partition coefficient (Wildman–Crippen LogP) is 2.11. The zero-order valence-electron chi connectivity index (χ0n) is 9.02. The van der Waals surface area contributed by atoms with Gasteiger partial charge in [-0.1, -0.05) is 0 Å². The van der Waals surface area contributed by atoms with E-state index in [1.165, 1.54) is 5.56 Å². The molecule has 82 valence electrons. The highest BCUT2D eigenvalue weighted by atomic mass is 16.5. The van der Waals surface area contributed by atoms with E-state index in [1.54, 1.807) is 6.20 Å². The Labute approximate surface area is 90.1 Å². The predicted molar refractivity (Wildman–Crippen MR) is 58.0 cm³/mol. The van der Waals surface area contributed by atoms with Crippen molar-refractivity contribution in [3.05, 3.63) is 24.0 Å². The second-order valence-corrected chi connectivity index (χ2v) is 4.05. The molecule has 0 bridgehead atoms. The van der Waals surface area contributed by atoms with Gasteiger partial charge in [0, 0.05) is 6.20 Å². The smallest absolute Gasteiger partial charge is 0.137 e. The van der Waals surface area contributed by atoms with Gasteiger partial charge in [0.15, 0.2) is 0 Å². The third-order valence-electron chi connectivity index (χ3n) is 2.92. The number of aliphatic hydroxyl groups excluding tert-OH is 1. The van der Waals surface area contributed by atoms with Crippen LogP contribution in [-0.2, 0) is 0 Å². The maximum absolute atomic E-state index is 9.48. The first-order valence-electron chi connectivity index (χ1n) is 5.55. The van der Waals surface area contributed by atoms with Crippen LogP contribution in [0.1, 0.15) is 37.7 Å². The molecule has 1 aliphatic carbocycles. The minimum atomic E-state index is -0.134. The van der Waals surface area contributed by atoms with Gasteiger partial charge in [-0.2, -0.15) is 0 Å². The number of nitrogens with zero attached hydrogens (tertiary/aromatic N) is 1. The Morgan fingerprint density at radius 3 is 3.00 bits per heavy atom. The Morgan fingerprint density at radius 2 is 2.33 bits per heavy atom. The summed E-state index contributed by atoms with van der Waals surface area (Å²) >= 11 is 0. The normalized spacial score (nSPS) is 25.5. The number of aliphatic hydroxyl groups is 1. The number of aromatic nitrogens is 1. The van der Waals surface area contributed by atoms with E-state index < -0.39 is 0 Å². The van der Waals surface area contributed by atoms with Crippen LogP contribution in [0.25, 0.3) is 0 Å². The van der Waals surface area contributed by atoms with Crippen molar-refractivity contribution in [2.24, 2.45) is 0 Å². The molecule has 1 fully saturated rings. The summed E-state index contributed by atoms with van der Waals surface area (Å²) in [5, 5.41) is 9.48. The largest absolute Gasteiger partial charge is 0.492 e. The van der Waals surface area contributed by atoms with Gasteiger partial charge in [0.05, 0.1) is 18.9 Å². The number of pyridine rings is 1. The van der Waals surface area contributed by atoms with Crippen LogP contribution in [0, 0.1) is 0 Å². The van der Waals surface area contributed by atoms with E-state index in [4.69, 9.17) is 4.74 Å². The van der Waals surface area contributed by atoms with E-state index in [1.807, 2.05) is 19.2 Å². The fourth-order valence-corrected chi connectivity index (χ4v) is 2.16. The van der Waals surface area contributed by atoms with Gasteiger partial charge in [0.1, 0.15) is 5.75 Å². The third kappa shape index (κ3) is 2.48. The Bertz CT molecular complexity index is 327. The van der Waals surface area contributed by atoms with Crippen molar-refractivity contribution in [2.75, 3.05) is 6.61 Å². The first-order chi connectivity index (χ1) is 7.29. The second-order valence-electron chi connectivity index (χ2n) is 4.05. The monoisotopic (exact) mass is 207 g/mol. The van der Waals surface area contributed by atoms with E-state index in [-0.39, 0.29) is 6.10 Å². The summed E-state index contributed by atoms with van der Waals surface area (Å²) < 4.78 is 5.41. The first kappa shape index (κ1) is 10.4. The molecule has 1 heterocycles. The summed E-state index contributed by atoms with van der Waals surface area (Å²) in [4.78, 5) is 4.17. The van der Waals surface area contributed by atoms with Gasteiger partial charge in [-0.05, 0) is 43.7 Å². The number of hydrogen-bond acceptors (Lipinski definition) is 3. The lowest BCUT2D eigenvalue weighted by Gasteiger charge is -2.10. The highest BCUT2D eigenvalue weighted by molar-refractivity contribution is 5.27. The van der Waals surface area contributed by atoms with Crippen molar-refractivity contribution in [2.45, 2.75) is 38.2 Å². The Kier molecular flexibility index (Phi) is 3.21. The van der Waals surface area contributed by atoms with Gasteiger partial charge < -0.3 is 9.84 Å². The molecule has 1 N–H and O–H groups in total. The Morgan fingerprint density at radius 1 is 1.47 bits per heavy atom. The molecule has 1 aliphatic rings. The summed E-state index contributed by atoms with van der Waals surface area (Å²) in [7, 11) is 0. The molecule has 0 radical (unpaired) electrons. The molecule has 0 aliphatic heterocycles. The van der Waals surface area contributed by atoms with Gasteiger partial charge in [-0.3, -0.25) is 4.98 Å². The molecule has 0 amide bonds. The summed E-state index contributed by atoms with van der Waals surface area (Å²) in [6, 6.07) is 2.04. The quantitative estimate of drug-likeness (QED) is 0.825. The summed E-state index contributed by atoms with van der Waals surface area (Å²) in [5.41, 5.74) is 1.19. The van der Waals surface area contributed by atoms with Gasteiger partial charge >= 0.3 is 0 Å². The average Bonchev–Trinajstić information content (AvgIpc) is 2.66. The van der Waals surface area contributed by atoms with Crippen LogP contribution in [0.2, 0.25) is 0 Å². The maximum Gasteiger partial charge on any atom is 0.137 e. The molecular weight excluding hydrogens is 190 g/mol. The fraction of sp³-hybridized carbons (Fsp3) is 0.583. The zero-order chi connectivity index (χ0) is 10.7. The first-order valence-corrected chi connectivity index (χ1v) is 5.55. The van der Waals surface area contributed by atoms with E-state index in [2.05, 4.69) is 4.98 Å². The summed E-state index contributed by atoms with van der Waals surface area (Å²) in [6.45, 7) is 2.63. The molecule has 1 saturated carbocycles. The molecule has 2 atom stereocenters. The van der Waals surface area contributed by atoms with Crippen molar-refractivity contribution in [3.63, 3.8) is 0 Å². The molecule has 0 spiro atoms. The highest BCUT2D eigenvalue weighted by Crippen LogP contribution is 2.35. The fourth-order valence-electron chi connectivity index (χ4n) is 2.16. The van der Waals surface area contributed by atoms with E-state index in [0.717, 1.165) is 25.0 Å². The average molecular weight is 207 g/mol. The molecule has 3 nitrogen and oxygen atoms in total. The van der Waals surface area contributed by atoms with Gasteiger partial charge in [0.2, 0.25) is 0 Å². The van der Waals surface area contributed by atoms with Crippen LogP contribution in [0.3, 0.4) is 0 Å². The molecule has 1 aromatic rings. The highest BCUT2D eigenvalue weighted by Gasteiger charge is 2.24. The lowest BCUT2D eigenvalue weighted by Crippen LogP contribution is -2.00. The number of ether oxygens (including phenoxy) is 1. The zero-order valence-corrected chi connectivity index (χ0v) is 9.02. The van der Waals surface area contributed by atoms with Crippen LogP contribution in [0.5, 0.6) is 5.75 Å². The molecule has 3 heteroatoms. The molecule has 0 saturated heterocycles. The molecule has 15 heavy (non-hydrogen) atoms. The molecule has 0 aromatic carbocycles. The van der Waals surface area contributed by atoms with Crippen molar-refractivity contribution in [1.29, 1.82) is 0 Å². The van der Waals surface area contributed by atoms with Crippen molar-refractivity contribution >= 4 is 0 Å².